The largest absolute Gasteiger partial charge is 0.357 e. The number of aryl methyl sites for hydroxylation is 1. The molecule has 0 saturated carbocycles. The van der Waals surface area contributed by atoms with Crippen molar-refractivity contribution >= 4 is 5.84 Å². The summed E-state index contributed by atoms with van der Waals surface area (Å²) in [5.41, 5.74) is 2.72. The van der Waals surface area contributed by atoms with Crippen LogP contribution in [-0.4, -0.2) is 23.8 Å². The molecular formula is C24H34N2. The maximum Gasteiger partial charge on any atom is 0.120 e. The summed E-state index contributed by atoms with van der Waals surface area (Å²) in [4.78, 5) is 2.15. The van der Waals surface area contributed by atoms with Gasteiger partial charge in [-0.3, -0.25) is 5.41 Å². The fourth-order valence-electron chi connectivity index (χ4n) is 2.63. The van der Waals surface area contributed by atoms with Gasteiger partial charge in [-0.15, -0.1) is 0 Å². The summed E-state index contributed by atoms with van der Waals surface area (Å²) in [5.74, 6) is 0.643. The van der Waals surface area contributed by atoms with Crippen molar-refractivity contribution in [3.63, 3.8) is 0 Å². The Balaban J connectivity index is 0.000000401. The fourth-order valence-corrected chi connectivity index (χ4v) is 2.63. The van der Waals surface area contributed by atoms with Crippen molar-refractivity contribution in [2.75, 3.05) is 13.1 Å². The average Bonchev–Trinajstić information content (AvgIpc) is 2.91. The molecule has 0 amide bonds. The number of amidine groups is 1. The van der Waals surface area contributed by atoms with Gasteiger partial charge in [0.05, 0.1) is 0 Å². The van der Waals surface area contributed by atoms with Crippen molar-refractivity contribution in [1.29, 1.82) is 5.41 Å². The third-order valence-electron chi connectivity index (χ3n) is 3.99. The monoisotopic (exact) mass is 350 g/mol. The number of hydrogen-bond donors (Lipinski definition) is 1. The normalized spacial score (nSPS) is 13.0. The predicted octanol–water partition coefficient (Wildman–Crippen LogP) is 6.47. The van der Waals surface area contributed by atoms with E-state index in [2.05, 4.69) is 74.3 Å². The summed E-state index contributed by atoms with van der Waals surface area (Å²) in [5, 5.41) is 8.10. The van der Waals surface area contributed by atoms with E-state index in [9.17, 15) is 0 Å². The van der Waals surface area contributed by atoms with Crippen LogP contribution >= 0.6 is 0 Å². The Morgan fingerprint density at radius 3 is 2.31 bits per heavy atom. The van der Waals surface area contributed by atoms with E-state index in [0.717, 1.165) is 38.8 Å². The van der Waals surface area contributed by atoms with Crippen LogP contribution in [0.2, 0.25) is 0 Å². The van der Waals surface area contributed by atoms with Gasteiger partial charge in [0.2, 0.25) is 0 Å². The molecule has 1 N–H and O–H groups in total. The predicted molar refractivity (Wildman–Crippen MR) is 116 cm³/mol. The van der Waals surface area contributed by atoms with E-state index in [4.69, 9.17) is 5.41 Å². The maximum absolute atomic E-state index is 8.10. The lowest BCUT2D eigenvalue weighted by atomic mass is 10.1. The van der Waals surface area contributed by atoms with Gasteiger partial charge in [0, 0.05) is 13.1 Å². The second kappa shape index (κ2) is 13.9. The highest BCUT2D eigenvalue weighted by atomic mass is 15.2. The van der Waals surface area contributed by atoms with Crippen LogP contribution in [0.25, 0.3) is 0 Å². The fraction of sp³-hybridized carbons (Fsp3) is 0.375. The first-order valence-corrected chi connectivity index (χ1v) is 9.70. The number of nitrogens with one attached hydrogen (secondary N) is 1. The first-order valence-electron chi connectivity index (χ1n) is 9.70. The van der Waals surface area contributed by atoms with E-state index in [1.807, 2.05) is 24.3 Å². The van der Waals surface area contributed by atoms with Crippen LogP contribution in [0.1, 0.15) is 45.1 Å². The zero-order valence-electron chi connectivity index (χ0n) is 16.6. The molecule has 0 bridgehead atoms. The van der Waals surface area contributed by atoms with Crippen molar-refractivity contribution in [2.24, 2.45) is 0 Å². The number of hydrogen-bond acceptors (Lipinski definition) is 1. The standard InChI is InChI=1S/C17H26N2.C7H8/c1-3-14-19(15-4-2)17(18)13-9-12-16-10-7-5-6-8-11-16;1-7-5-3-2-4-6-7/h5-10,13,18H,3-4,11-12,14-15H2,1-2H3;2-6H,1H3/b13-9-,18-17?;. The van der Waals surface area contributed by atoms with E-state index in [0.29, 0.717) is 5.84 Å². The molecular weight excluding hydrogens is 316 g/mol. The molecule has 1 aromatic carbocycles. The topological polar surface area (TPSA) is 27.1 Å². The molecule has 2 rings (SSSR count). The number of nitrogens with zero attached hydrogens (tertiary/aromatic N) is 1. The van der Waals surface area contributed by atoms with E-state index in [1.165, 1.54) is 11.1 Å². The molecule has 0 atom stereocenters. The van der Waals surface area contributed by atoms with Gasteiger partial charge in [-0.05, 0) is 38.7 Å². The van der Waals surface area contributed by atoms with Gasteiger partial charge in [0.1, 0.15) is 5.84 Å². The molecule has 1 aromatic rings. The van der Waals surface area contributed by atoms with Gasteiger partial charge in [0.25, 0.3) is 0 Å². The SMILES string of the molecule is CCCN(CCC)C(=N)/C=C\CC1=CC=CC=CC1.Cc1ccccc1. The van der Waals surface area contributed by atoms with E-state index < -0.39 is 0 Å². The first kappa shape index (κ1) is 21.7. The molecule has 0 heterocycles. The smallest absolute Gasteiger partial charge is 0.120 e. The second-order valence-electron chi connectivity index (χ2n) is 6.48. The molecule has 140 valence electrons. The van der Waals surface area contributed by atoms with Gasteiger partial charge in [0.15, 0.2) is 0 Å². The van der Waals surface area contributed by atoms with Crippen molar-refractivity contribution in [3.8, 4) is 0 Å². The molecule has 1 aliphatic carbocycles. The third kappa shape index (κ3) is 9.83. The molecule has 0 fully saturated rings. The minimum atomic E-state index is 0.643. The molecule has 0 aromatic heterocycles. The molecule has 0 spiro atoms. The lowest BCUT2D eigenvalue weighted by Crippen LogP contribution is -2.30. The summed E-state index contributed by atoms with van der Waals surface area (Å²) in [6.45, 7) is 8.36. The van der Waals surface area contributed by atoms with Gasteiger partial charge < -0.3 is 4.90 Å². The lowest BCUT2D eigenvalue weighted by molar-refractivity contribution is 0.416. The average molecular weight is 351 g/mol. The van der Waals surface area contributed by atoms with Gasteiger partial charge in [-0.25, -0.2) is 0 Å². The Morgan fingerprint density at radius 1 is 1.04 bits per heavy atom. The van der Waals surface area contributed by atoms with Crippen LogP contribution in [0.3, 0.4) is 0 Å². The Bertz CT molecular complexity index is 615. The highest BCUT2D eigenvalue weighted by Crippen LogP contribution is 2.12. The maximum atomic E-state index is 8.10. The van der Waals surface area contributed by atoms with Crippen LogP contribution < -0.4 is 0 Å². The lowest BCUT2D eigenvalue weighted by Gasteiger charge is -2.22. The number of rotatable bonds is 7. The molecule has 2 heteroatoms. The molecule has 0 radical (unpaired) electrons. The summed E-state index contributed by atoms with van der Waals surface area (Å²) >= 11 is 0. The quantitative estimate of drug-likeness (QED) is 0.443. The van der Waals surface area contributed by atoms with Crippen LogP contribution in [-0.2, 0) is 0 Å². The molecule has 0 aliphatic heterocycles. The Labute approximate surface area is 160 Å². The summed E-state index contributed by atoms with van der Waals surface area (Å²) in [6.07, 6.45) is 18.8. The molecule has 26 heavy (non-hydrogen) atoms. The zero-order valence-corrected chi connectivity index (χ0v) is 16.6. The first-order chi connectivity index (χ1) is 12.7. The van der Waals surface area contributed by atoms with Crippen LogP contribution in [0.15, 0.2) is 78.4 Å². The minimum absolute atomic E-state index is 0.643. The van der Waals surface area contributed by atoms with Crippen molar-refractivity contribution < 1.29 is 0 Å². The molecule has 0 saturated heterocycles. The highest BCUT2D eigenvalue weighted by molar-refractivity contribution is 5.90. The Hall–Kier alpha value is -2.35. The van der Waals surface area contributed by atoms with Gasteiger partial charge in [-0.2, -0.15) is 0 Å². The van der Waals surface area contributed by atoms with Crippen LogP contribution in [0.4, 0.5) is 0 Å². The number of benzene rings is 1. The minimum Gasteiger partial charge on any atom is -0.357 e. The van der Waals surface area contributed by atoms with Crippen LogP contribution in [0.5, 0.6) is 0 Å². The van der Waals surface area contributed by atoms with E-state index >= 15 is 0 Å². The van der Waals surface area contributed by atoms with E-state index in [-0.39, 0.29) is 0 Å². The zero-order chi connectivity index (χ0) is 19.0. The van der Waals surface area contributed by atoms with Crippen molar-refractivity contribution in [1.82, 2.24) is 4.90 Å². The van der Waals surface area contributed by atoms with E-state index in [1.54, 1.807) is 0 Å². The third-order valence-corrected chi connectivity index (χ3v) is 3.99. The Morgan fingerprint density at radius 2 is 1.73 bits per heavy atom. The van der Waals surface area contributed by atoms with Gasteiger partial charge >= 0.3 is 0 Å². The van der Waals surface area contributed by atoms with Gasteiger partial charge in [-0.1, -0.05) is 91.8 Å². The summed E-state index contributed by atoms with van der Waals surface area (Å²) in [7, 11) is 0. The van der Waals surface area contributed by atoms with Crippen molar-refractivity contribution in [2.45, 2.75) is 46.5 Å². The highest BCUT2D eigenvalue weighted by Gasteiger charge is 2.04. The number of allylic oxidation sites excluding steroid dienone is 7. The molecule has 1 aliphatic rings. The van der Waals surface area contributed by atoms with Crippen LogP contribution in [0, 0.1) is 12.3 Å². The summed E-state index contributed by atoms with van der Waals surface area (Å²) in [6, 6.07) is 10.3. The van der Waals surface area contributed by atoms with Crippen molar-refractivity contribution in [3.05, 3.63) is 84.0 Å². The second-order valence-corrected chi connectivity index (χ2v) is 6.48. The Kier molecular flexibility index (Phi) is 11.6. The summed E-state index contributed by atoms with van der Waals surface area (Å²) < 4.78 is 0. The molecule has 2 nitrogen and oxygen atoms in total. The molecule has 0 unspecified atom stereocenters.